The van der Waals surface area contributed by atoms with Crippen LogP contribution in [-0.2, 0) is 0 Å². The number of carboxylic acids is 1. The van der Waals surface area contributed by atoms with Gasteiger partial charge in [-0.3, -0.25) is 0 Å². The van der Waals surface area contributed by atoms with Gasteiger partial charge >= 0.3 is 5.97 Å². The number of benzene rings is 1. The molecule has 2 N–H and O–H groups in total. The van der Waals surface area contributed by atoms with Crippen molar-refractivity contribution in [3.05, 3.63) is 39.5 Å². The Morgan fingerprint density at radius 2 is 1.84 bits per heavy atom. The van der Waals surface area contributed by atoms with Gasteiger partial charge in [0.15, 0.2) is 5.57 Å². The van der Waals surface area contributed by atoms with Gasteiger partial charge in [0.2, 0.25) is 0 Å². The highest BCUT2D eigenvalue weighted by atomic mass is 79.9. The van der Waals surface area contributed by atoms with Gasteiger partial charge in [-0.25, -0.2) is 4.79 Å². The zero-order valence-corrected chi connectivity index (χ0v) is 10.9. The minimum absolute atomic E-state index is 0.0776. The summed E-state index contributed by atoms with van der Waals surface area (Å²) in [5, 5.41) is 37.8. The number of hydrogen-bond donors (Lipinski definition) is 2. The maximum absolute atomic E-state index is 11.0. The molecule has 7 heteroatoms. The van der Waals surface area contributed by atoms with Crippen LogP contribution in [0.25, 0.3) is 0 Å². The van der Waals surface area contributed by atoms with Gasteiger partial charge in [-0.1, -0.05) is 15.9 Å². The van der Waals surface area contributed by atoms with E-state index in [1.165, 1.54) is 18.2 Å². The molecule has 0 atom stereocenters. The number of nitriles is 3. The van der Waals surface area contributed by atoms with Gasteiger partial charge in [-0.15, -0.1) is 0 Å². The van der Waals surface area contributed by atoms with E-state index in [1.807, 2.05) is 0 Å². The molecule has 0 radical (unpaired) electrons. The molecule has 1 aromatic carbocycles. The lowest BCUT2D eigenvalue weighted by atomic mass is 10.1. The first-order valence-electron chi connectivity index (χ1n) is 4.78. The third-order valence-electron chi connectivity index (χ3n) is 2.06. The number of anilines is 1. The molecule has 0 aliphatic rings. The average molecular weight is 317 g/mol. The van der Waals surface area contributed by atoms with Crippen molar-refractivity contribution in [1.29, 1.82) is 15.8 Å². The molecule has 0 aliphatic heterocycles. The van der Waals surface area contributed by atoms with Gasteiger partial charge in [-0.05, 0) is 18.2 Å². The van der Waals surface area contributed by atoms with Crippen LogP contribution >= 0.6 is 15.9 Å². The molecule has 0 amide bonds. The van der Waals surface area contributed by atoms with Crippen LogP contribution in [0.1, 0.15) is 10.4 Å². The smallest absolute Gasteiger partial charge is 0.337 e. The fourth-order valence-corrected chi connectivity index (χ4v) is 1.59. The summed E-state index contributed by atoms with van der Waals surface area (Å²) in [4.78, 5) is 11.0. The number of carbonyl (C=O) groups is 1. The number of allylic oxidation sites excluding steroid dienone is 2. The van der Waals surface area contributed by atoms with Crippen molar-refractivity contribution < 1.29 is 9.90 Å². The van der Waals surface area contributed by atoms with Crippen LogP contribution in [-0.4, -0.2) is 11.1 Å². The molecule has 0 saturated carbocycles. The summed E-state index contributed by atoms with van der Waals surface area (Å²) in [5.74, 6) is -1.19. The number of carboxylic acid groups (broad SMARTS) is 1. The van der Waals surface area contributed by atoms with E-state index in [1.54, 1.807) is 18.2 Å². The molecule has 0 saturated heterocycles. The maximum atomic E-state index is 11.0. The molecule has 0 aromatic heterocycles. The summed E-state index contributed by atoms with van der Waals surface area (Å²) in [6.07, 6.45) is 0. The highest BCUT2D eigenvalue weighted by Gasteiger charge is 2.13. The molecule has 6 nitrogen and oxygen atoms in total. The summed E-state index contributed by atoms with van der Waals surface area (Å²) >= 11 is 3.17. The van der Waals surface area contributed by atoms with Gasteiger partial charge in [0, 0.05) is 4.47 Å². The standard InChI is InChI=1S/C12H5BrN4O2/c13-8-1-2-9(12(18)19)10(3-8)17-11(6-16)7(4-14)5-15/h1-3,17H,(H,18,19). The Bertz CT molecular complexity index is 673. The summed E-state index contributed by atoms with van der Waals surface area (Å²) in [5.41, 5.74) is -0.683. The average Bonchev–Trinajstić information content (AvgIpc) is 2.38. The molecular weight excluding hydrogens is 312 g/mol. The van der Waals surface area contributed by atoms with Crippen molar-refractivity contribution in [2.45, 2.75) is 0 Å². The fourth-order valence-electron chi connectivity index (χ4n) is 1.22. The van der Waals surface area contributed by atoms with E-state index in [9.17, 15) is 4.79 Å². The first kappa shape index (κ1) is 14.2. The molecule has 0 heterocycles. The number of nitrogens with one attached hydrogen (secondary N) is 1. The molecular formula is C12H5BrN4O2. The van der Waals surface area contributed by atoms with Crippen LogP contribution in [0, 0.1) is 34.0 Å². The quantitative estimate of drug-likeness (QED) is 0.826. The molecule has 0 unspecified atom stereocenters. The largest absolute Gasteiger partial charge is 0.478 e. The van der Waals surface area contributed by atoms with E-state index in [-0.39, 0.29) is 16.9 Å². The lowest BCUT2D eigenvalue weighted by molar-refractivity contribution is 0.0698. The fraction of sp³-hybridized carbons (Fsp3) is 0. The van der Waals surface area contributed by atoms with Gasteiger partial charge in [0.25, 0.3) is 0 Å². The van der Waals surface area contributed by atoms with Crippen LogP contribution in [0.2, 0.25) is 0 Å². The Balaban J connectivity index is 3.35. The minimum Gasteiger partial charge on any atom is -0.478 e. The van der Waals surface area contributed by atoms with Crippen LogP contribution in [0.5, 0.6) is 0 Å². The van der Waals surface area contributed by atoms with Gasteiger partial charge in [0.1, 0.15) is 23.9 Å². The second-order valence-corrected chi connectivity index (χ2v) is 4.12. The Labute approximate surface area is 116 Å². The zero-order chi connectivity index (χ0) is 14.4. The summed E-state index contributed by atoms with van der Waals surface area (Å²) < 4.78 is 0.591. The van der Waals surface area contributed by atoms with Crippen molar-refractivity contribution in [3.63, 3.8) is 0 Å². The number of aromatic carboxylic acids is 1. The maximum Gasteiger partial charge on any atom is 0.337 e. The number of halogens is 1. The Morgan fingerprint density at radius 3 is 2.32 bits per heavy atom. The third-order valence-corrected chi connectivity index (χ3v) is 2.55. The number of nitrogens with zero attached hydrogens (tertiary/aromatic N) is 3. The van der Waals surface area contributed by atoms with E-state index < -0.39 is 11.5 Å². The van der Waals surface area contributed by atoms with Crippen molar-refractivity contribution in [1.82, 2.24) is 0 Å². The predicted octanol–water partition coefficient (Wildman–Crippen LogP) is 2.38. The topological polar surface area (TPSA) is 121 Å². The minimum atomic E-state index is -1.19. The van der Waals surface area contributed by atoms with Gasteiger partial charge in [-0.2, -0.15) is 15.8 Å². The highest BCUT2D eigenvalue weighted by Crippen LogP contribution is 2.23. The molecule has 0 fully saturated rings. The first-order chi connectivity index (χ1) is 9.03. The van der Waals surface area contributed by atoms with E-state index >= 15 is 0 Å². The van der Waals surface area contributed by atoms with Crippen molar-refractivity contribution in [2.75, 3.05) is 5.32 Å². The summed E-state index contributed by atoms with van der Waals surface area (Å²) in [7, 11) is 0. The van der Waals surface area contributed by atoms with Crippen molar-refractivity contribution >= 4 is 27.6 Å². The van der Waals surface area contributed by atoms with E-state index in [0.29, 0.717) is 4.47 Å². The van der Waals surface area contributed by atoms with E-state index in [4.69, 9.17) is 20.9 Å². The van der Waals surface area contributed by atoms with Crippen molar-refractivity contribution in [2.24, 2.45) is 0 Å². The van der Waals surface area contributed by atoms with Crippen LogP contribution in [0.15, 0.2) is 33.9 Å². The summed E-state index contributed by atoms with van der Waals surface area (Å²) in [6, 6.07) is 9.08. The van der Waals surface area contributed by atoms with Crippen LogP contribution < -0.4 is 5.32 Å². The Hall–Kier alpha value is -2.82. The van der Waals surface area contributed by atoms with Gasteiger partial charge < -0.3 is 10.4 Å². The van der Waals surface area contributed by atoms with Gasteiger partial charge in [0.05, 0.1) is 11.3 Å². The number of rotatable bonds is 3. The SMILES string of the molecule is N#CC(C#N)=C(C#N)Nc1cc(Br)ccc1C(=O)O. The third kappa shape index (κ3) is 3.32. The first-order valence-corrected chi connectivity index (χ1v) is 5.57. The van der Waals surface area contributed by atoms with Crippen molar-refractivity contribution in [3.8, 4) is 18.2 Å². The lowest BCUT2D eigenvalue weighted by Crippen LogP contribution is -2.07. The van der Waals surface area contributed by atoms with Crippen LogP contribution in [0.4, 0.5) is 5.69 Å². The van der Waals surface area contributed by atoms with E-state index in [0.717, 1.165) is 0 Å². The molecule has 1 rings (SSSR count). The second kappa shape index (κ2) is 6.20. The molecule has 92 valence electrons. The summed E-state index contributed by atoms with van der Waals surface area (Å²) in [6.45, 7) is 0. The van der Waals surface area contributed by atoms with E-state index in [2.05, 4.69) is 21.2 Å². The molecule has 0 aliphatic carbocycles. The highest BCUT2D eigenvalue weighted by molar-refractivity contribution is 9.10. The molecule has 1 aromatic rings. The second-order valence-electron chi connectivity index (χ2n) is 3.21. The Morgan fingerprint density at radius 1 is 1.21 bits per heavy atom. The zero-order valence-electron chi connectivity index (χ0n) is 9.31. The predicted molar refractivity (Wildman–Crippen MR) is 68.6 cm³/mol. The molecule has 19 heavy (non-hydrogen) atoms. The molecule has 0 bridgehead atoms. The lowest BCUT2D eigenvalue weighted by Gasteiger charge is -2.08. The molecule has 0 spiro atoms. The number of hydrogen-bond acceptors (Lipinski definition) is 5. The Kier molecular flexibility index (Phi) is 4.65. The normalized spacial score (nSPS) is 8.53. The van der Waals surface area contributed by atoms with Crippen LogP contribution in [0.3, 0.4) is 0 Å². The monoisotopic (exact) mass is 316 g/mol.